The SMILES string of the molecule is COc1ccc(Cn2c(=O)ccn([C@@H](CO)OC)c2=O)cc1. The molecule has 2 aromatic rings. The Balaban J connectivity index is 2.39. The van der Waals surface area contributed by atoms with Crippen LogP contribution in [-0.2, 0) is 11.3 Å². The number of methoxy groups -OCH3 is 2. The molecule has 22 heavy (non-hydrogen) atoms. The molecule has 0 radical (unpaired) electrons. The number of hydrogen-bond donors (Lipinski definition) is 1. The summed E-state index contributed by atoms with van der Waals surface area (Å²) in [6.07, 6.45) is 0.495. The van der Waals surface area contributed by atoms with Crippen LogP contribution < -0.4 is 16.0 Å². The molecule has 0 amide bonds. The predicted molar refractivity (Wildman–Crippen MR) is 80.2 cm³/mol. The average molecular weight is 306 g/mol. The number of rotatable bonds is 6. The van der Waals surface area contributed by atoms with Crippen LogP contribution in [0.5, 0.6) is 5.75 Å². The highest BCUT2D eigenvalue weighted by Crippen LogP contribution is 2.11. The molecule has 1 heterocycles. The first-order chi connectivity index (χ1) is 10.6. The third-order valence-corrected chi connectivity index (χ3v) is 3.33. The van der Waals surface area contributed by atoms with E-state index in [-0.39, 0.29) is 13.2 Å². The molecule has 0 unspecified atom stereocenters. The lowest BCUT2D eigenvalue weighted by atomic mass is 10.2. The van der Waals surface area contributed by atoms with Gasteiger partial charge in [0.25, 0.3) is 5.56 Å². The van der Waals surface area contributed by atoms with Crippen LogP contribution in [0.25, 0.3) is 0 Å². The standard InChI is InChI=1S/C15H18N2O5/c1-21-12-5-3-11(4-6-12)9-17-13(19)7-8-16(15(17)20)14(10-18)22-2/h3-8,14,18H,9-10H2,1-2H3/t14-/m1/s1. The maximum absolute atomic E-state index is 12.4. The second-order valence-corrected chi connectivity index (χ2v) is 4.65. The van der Waals surface area contributed by atoms with Gasteiger partial charge in [0.1, 0.15) is 5.75 Å². The quantitative estimate of drug-likeness (QED) is 0.824. The van der Waals surface area contributed by atoms with E-state index in [4.69, 9.17) is 9.47 Å². The Morgan fingerprint density at radius 2 is 1.82 bits per heavy atom. The Labute approximate surface area is 127 Å². The number of benzene rings is 1. The van der Waals surface area contributed by atoms with E-state index in [1.54, 1.807) is 31.4 Å². The number of aliphatic hydroxyl groups excluding tert-OH is 1. The zero-order valence-electron chi connectivity index (χ0n) is 12.4. The minimum absolute atomic E-state index is 0.129. The van der Waals surface area contributed by atoms with Crippen LogP contribution in [0.4, 0.5) is 0 Å². The van der Waals surface area contributed by atoms with Crippen molar-refractivity contribution in [3.8, 4) is 5.75 Å². The molecule has 0 fully saturated rings. The first-order valence-electron chi connectivity index (χ1n) is 6.69. The van der Waals surface area contributed by atoms with E-state index in [0.717, 1.165) is 10.1 Å². The maximum atomic E-state index is 12.4. The maximum Gasteiger partial charge on any atom is 0.333 e. The summed E-state index contributed by atoms with van der Waals surface area (Å²) in [5.41, 5.74) is -0.162. The van der Waals surface area contributed by atoms with Gasteiger partial charge in [-0.25, -0.2) is 4.79 Å². The van der Waals surface area contributed by atoms with E-state index >= 15 is 0 Å². The molecule has 0 aliphatic carbocycles. The van der Waals surface area contributed by atoms with Crippen molar-refractivity contribution in [3.63, 3.8) is 0 Å². The van der Waals surface area contributed by atoms with Crippen molar-refractivity contribution in [1.82, 2.24) is 9.13 Å². The van der Waals surface area contributed by atoms with Gasteiger partial charge in [-0.3, -0.25) is 13.9 Å². The molecule has 0 saturated carbocycles. The van der Waals surface area contributed by atoms with Gasteiger partial charge < -0.3 is 14.6 Å². The highest BCUT2D eigenvalue weighted by atomic mass is 16.5. The van der Waals surface area contributed by atoms with Crippen molar-refractivity contribution in [2.45, 2.75) is 12.8 Å². The van der Waals surface area contributed by atoms with Gasteiger partial charge in [0, 0.05) is 19.4 Å². The lowest BCUT2D eigenvalue weighted by molar-refractivity contribution is -0.00674. The summed E-state index contributed by atoms with van der Waals surface area (Å²) in [5.74, 6) is 0.696. The Kier molecular flexibility index (Phi) is 5.13. The number of aromatic nitrogens is 2. The lowest BCUT2D eigenvalue weighted by Gasteiger charge is -2.17. The number of aliphatic hydroxyl groups is 1. The Morgan fingerprint density at radius 3 is 2.36 bits per heavy atom. The van der Waals surface area contributed by atoms with Crippen molar-refractivity contribution in [1.29, 1.82) is 0 Å². The van der Waals surface area contributed by atoms with Gasteiger partial charge >= 0.3 is 5.69 Å². The van der Waals surface area contributed by atoms with Crippen molar-refractivity contribution >= 4 is 0 Å². The van der Waals surface area contributed by atoms with E-state index < -0.39 is 17.5 Å². The highest BCUT2D eigenvalue weighted by Gasteiger charge is 2.13. The topological polar surface area (TPSA) is 82.7 Å². The smallest absolute Gasteiger partial charge is 0.333 e. The second kappa shape index (κ2) is 7.06. The minimum Gasteiger partial charge on any atom is -0.497 e. The Hall–Kier alpha value is -2.38. The van der Waals surface area contributed by atoms with Crippen molar-refractivity contribution in [2.75, 3.05) is 20.8 Å². The van der Waals surface area contributed by atoms with E-state index in [2.05, 4.69) is 0 Å². The summed E-state index contributed by atoms with van der Waals surface area (Å²) in [6.45, 7) is -0.235. The average Bonchev–Trinajstić information content (AvgIpc) is 2.55. The molecule has 118 valence electrons. The number of hydrogen-bond acceptors (Lipinski definition) is 5. The van der Waals surface area contributed by atoms with Crippen LogP contribution in [0.15, 0.2) is 46.1 Å². The summed E-state index contributed by atoms with van der Waals surface area (Å²) in [7, 11) is 2.95. The van der Waals surface area contributed by atoms with Gasteiger partial charge in [-0.2, -0.15) is 0 Å². The zero-order chi connectivity index (χ0) is 16.1. The molecular formula is C15H18N2O5. The molecule has 1 aromatic heterocycles. The Bertz CT molecular complexity index is 729. The lowest BCUT2D eigenvalue weighted by Crippen LogP contribution is -2.41. The monoisotopic (exact) mass is 306 g/mol. The zero-order valence-corrected chi connectivity index (χ0v) is 12.4. The summed E-state index contributed by atoms with van der Waals surface area (Å²) in [5, 5.41) is 9.23. The van der Waals surface area contributed by atoms with E-state index in [9.17, 15) is 14.7 Å². The summed E-state index contributed by atoms with van der Waals surface area (Å²) < 4.78 is 12.4. The molecule has 7 heteroatoms. The molecule has 2 rings (SSSR count). The second-order valence-electron chi connectivity index (χ2n) is 4.65. The van der Waals surface area contributed by atoms with Gasteiger partial charge in [0.15, 0.2) is 6.23 Å². The largest absolute Gasteiger partial charge is 0.497 e. The first-order valence-corrected chi connectivity index (χ1v) is 6.69. The van der Waals surface area contributed by atoms with E-state index in [0.29, 0.717) is 5.75 Å². The fourth-order valence-electron chi connectivity index (χ4n) is 2.09. The van der Waals surface area contributed by atoms with Gasteiger partial charge in [0.05, 0.1) is 20.3 Å². The van der Waals surface area contributed by atoms with Gasteiger partial charge in [-0.05, 0) is 17.7 Å². The number of nitrogens with zero attached hydrogens (tertiary/aromatic N) is 2. The van der Waals surface area contributed by atoms with Crippen molar-refractivity contribution < 1.29 is 14.6 Å². The normalized spacial score (nSPS) is 12.1. The molecule has 1 aromatic carbocycles. The van der Waals surface area contributed by atoms with E-state index in [1.807, 2.05) is 0 Å². The minimum atomic E-state index is -0.824. The fourth-order valence-corrected chi connectivity index (χ4v) is 2.09. The predicted octanol–water partition coefficient (Wildman–Crippen LogP) is 0.204. The van der Waals surface area contributed by atoms with Gasteiger partial charge in [0.2, 0.25) is 0 Å². The van der Waals surface area contributed by atoms with Crippen LogP contribution in [-0.4, -0.2) is 35.1 Å². The third-order valence-electron chi connectivity index (χ3n) is 3.33. The molecule has 7 nitrogen and oxygen atoms in total. The first kappa shape index (κ1) is 16.0. The molecule has 0 spiro atoms. The molecule has 0 aliphatic rings. The highest BCUT2D eigenvalue weighted by molar-refractivity contribution is 5.27. The number of ether oxygens (including phenoxy) is 2. The molecule has 0 aliphatic heterocycles. The van der Waals surface area contributed by atoms with Crippen molar-refractivity contribution in [3.05, 3.63) is 62.9 Å². The summed E-state index contributed by atoms with van der Waals surface area (Å²) >= 11 is 0. The summed E-state index contributed by atoms with van der Waals surface area (Å²) in [6, 6.07) is 8.34. The fraction of sp³-hybridized carbons (Fsp3) is 0.333. The van der Waals surface area contributed by atoms with Gasteiger partial charge in [-0.15, -0.1) is 0 Å². The van der Waals surface area contributed by atoms with E-state index in [1.165, 1.54) is 23.9 Å². The molecular weight excluding hydrogens is 288 g/mol. The Morgan fingerprint density at radius 1 is 1.14 bits per heavy atom. The molecule has 0 bridgehead atoms. The molecule has 0 saturated heterocycles. The van der Waals surface area contributed by atoms with Crippen molar-refractivity contribution in [2.24, 2.45) is 0 Å². The van der Waals surface area contributed by atoms with Crippen LogP contribution in [0.3, 0.4) is 0 Å². The summed E-state index contributed by atoms with van der Waals surface area (Å²) in [4.78, 5) is 24.3. The van der Waals surface area contributed by atoms with Crippen LogP contribution in [0.1, 0.15) is 11.8 Å². The van der Waals surface area contributed by atoms with Crippen LogP contribution in [0.2, 0.25) is 0 Å². The molecule has 1 atom stereocenters. The third kappa shape index (κ3) is 3.26. The van der Waals surface area contributed by atoms with Gasteiger partial charge in [-0.1, -0.05) is 12.1 Å². The van der Waals surface area contributed by atoms with Crippen LogP contribution >= 0.6 is 0 Å². The molecule has 1 N–H and O–H groups in total. The van der Waals surface area contributed by atoms with Crippen LogP contribution in [0, 0.1) is 0 Å².